The van der Waals surface area contributed by atoms with E-state index in [1.54, 1.807) is 26.2 Å². The summed E-state index contributed by atoms with van der Waals surface area (Å²) in [4.78, 5) is 11.8. The summed E-state index contributed by atoms with van der Waals surface area (Å²) in [7, 11) is 0.106. The molecule has 0 radical (unpaired) electrons. The fourth-order valence-corrected chi connectivity index (χ4v) is 2.71. The van der Waals surface area contributed by atoms with Crippen molar-refractivity contribution in [3.63, 3.8) is 0 Å². The van der Waals surface area contributed by atoms with E-state index >= 15 is 0 Å². The summed E-state index contributed by atoms with van der Waals surface area (Å²) >= 11 is 0. The minimum atomic E-state index is -1.46. The van der Waals surface area contributed by atoms with Gasteiger partial charge in [0.15, 0.2) is 0 Å². The lowest BCUT2D eigenvalue weighted by Crippen LogP contribution is -2.22. The Hall–Kier alpha value is -2.20. The van der Waals surface area contributed by atoms with Crippen LogP contribution in [0.5, 0.6) is 5.75 Å². The number of rotatable bonds is 8. The van der Waals surface area contributed by atoms with Gasteiger partial charge in [-0.1, -0.05) is 12.1 Å². The number of nitrogens with zero attached hydrogens (tertiary/aromatic N) is 2. The monoisotopic (exact) mass is 378 g/mol. The number of carbonyl (C=O) groups is 1. The first-order valence-electron chi connectivity index (χ1n) is 8.43. The molecule has 0 amide bonds. The number of ether oxygens (including phenoxy) is 2. The van der Waals surface area contributed by atoms with Gasteiger partial charge in [-0.2, -0.15) is 9.66 Å². The smallest absolute Gasteiger partial charge is 0.323 e. The standard InChI is InChI=1S/C19H26N2O4S/c1-6-25-18(22)15(13-20)10-11-17(21-26(23)19(2,3)4)14-8-7-9-16(12-14)24-5/h7-9,12,15H,6,10-11H2,1-5H3/t15?,26-/m1/s1. The predicted molar refractivity (Wildman–Crippen MR) is 102 cm³/mol. The van der Waals surface area contributed by atoms with Gasteiger partial charge < -0.3 is 9.47 Å². The molecule has 0 heterocycles. The van der Waals surface area contributed by atoms with E-state index in [1.165, 1.54) is 0 Å². The topological polar surface area (TPSA) is 88.8 Å². The molecule has 0 aliphatic rings. The van der Waals surface area contributed by atoms with Gasteiger partial charge in [-0.05, 0) is 52.7 Å². The molecule has 2 atom stereocenters. The van der Waals surface area contributed by atoms with E-state index in [0.717, 1.165) is 5.56 Å². The van der Waals surface area contributed by atoms with Crippen molar-refractivity contribution < 1.29 is 18.5 Å². The van der Waals surface area contributed by atoms with Gasteiger partial charge in [-0.25, -0.2) is 4.21 Å². The quantitative estimate of drug-likeness (QED) is 0.511. The lowest BCUT2D eigenvalue weighted by Gasteiger charge is -2.16. The molecule has 0 fully saturated rings. The first kappa shape index (κ1) is 21.8. The number of hydrogen-bond acceptors (Lipinski definition) is 5. The Labute approximate surface area is 157 Å². The Morgan fingerprint density at radius 2 is 2.08 bits per heavy atom. The minimum Gasteiger partial charge on any atom is -0.497 e. The highest BCUT2D eigenvalue weighted by molar-refractivity contribution is 7.85. The molecular formula is C19H26N2O4S. The molecule has 0 saturated carbocycles. The zero-order valence-corrected chi connectivity index (χ0v) is 16.8. The van der Waals surface area contributed by atoms with E-state index in [2.05, 4.69) is 4.40 Å². The maximum absolute atomic E-state index is 12.5. The molecule has 1 aromatic rings. The lowest BCUT2D eigenvalue weighted by atomic mass is 9.99. The molecule has 0 aliphatic carbocycles. The molecule has 0 bridgehead atoms. The Morgan fingerprint density at radius 1 is 1.38 bits per heavy atom. The normalized spacial score (nSPS) is 14.2. The average Bonchev–Trinajstić information content (AvgIpc) is 2.60. The van der Waals surface area contributed by atoms with Crippen LogP contribution in [0.1, 0.15) is 46.1 Å². The number of methoxy groups -OCH3 is 1. The van der Waals surface area contributed by atoms with Crippen LogP contribution in [-0.2, 0) is 20.5 Å². The van der Waals surface area contributed by atoms with E-state index in [1.807, 2.05) is 39.0 Å². The van der Waals surface area contributed by atoms with Gasteiger partial charge >= 0.3 is 5.97 Å². The summed E-state index contributed by atoms with van der Waals surface area (Å²) < 4.78 is 26.5. The molecule has 0 aromatic heterocycles. The van der Waals surface area contributed by atoms with Crippen LogP contribution in [0.3, 0.4) is 0 Å². The zero-order chi connectivity index (χ0) is 19.7. The molecule has 1 rings (SSSR count). The van der Waals surface area contributed by atoms with Gasteiger partial charge in [0.1, 0.15) is 22.7 Å². The summed E-state index contributed by atoms with van der Waals surface area (Å²) in [6.45, 7) is 7.44. The third-order valence-corrected chi connectivity index (χ3v) is 4.95. The van der Waals surface area contributed by atoms with Crippen molar-refractivity contribution in [1.29, 1.82) is 5.26 Å². The second-order valence-corrected chi connectivity index (χ2v) is 8.51. The lowest BCUT2D eigenvalue weighted by molar-refractivity contribution is -0.146. The molecule has 142 valence electrons. The molecule has 7 heteroatoms. The second-order valence-electron chi connectivity index (χ2n) is 6.60. The molecule has 26 heavy (non-hydrogen) atoms. The molecule has 6 nitrogen and oxygen atoms in total. The Kier molecular flexibility index (Phi) is 8.46. The largest absolute Gasteiger partial charge is 0.497 e. The zero-order valence-electron chi connectivity index (χ0n) is 15.9. The van der Waals surface area contributed by atoms with Gasteiger partial charge in [-0.3, -0.25) is 4.79 Å². The van der Waals surface area contributed by atoms with Crippen LogP contribution in [0.2, 0.25) is 0 Å². The van der Waals surface area contributed by atoms with Crippen molar-refractivity contribution in [2.24, 2.45) is 10.3 Å². The molecule has 1 unspecified atom stereocenters. The number of benzene rings is 1. The molecule has 0 N–H and O–H groups in total. The van der Waals surface area contributed by atoms with Crippen LogP contribution in [0.4, 0.5) is 0 Å². The summed E-state index contributed by atoms with van der Waals surface area (Å²) in [5, 5.41) is 9.23. The van der Waals surface area contributed by atoms with Gasteiger partial charge in [0, 0.05) is 5.56 Å². The maximum atomic E-state index is 12.5. The molecule has 0 aliphatic heterocycles. The van der Waals surface area contributed by atoms with Crippen molar-refractivity contribution in [2.45, 2.75) is 45.3 Å². The Morgan fingerprint density at radius 3 is 2.62 bits per heavy atom. The van der Waals surface area contributed by atoms with Crippen molar-refractivity contribution in [1.82, 2.24) is 0 Å². The van der Waals surface area contributed by atoms with E-state index in [9.17, 15) is 14.3 Å². The maximum Gasteiger partial charge on any atom is 0.323 e. The first-order chi connectivity index (χ1) is 12.2. The van der Waals surface area contributed by atoms with E-state index in [-0.39, 0.29) is 13.0 Å². The van der Waals surface area contributed by atoms with Gasteiger partial charge in [0.05, 0.1) is 30.2 Å². The first-order valence-corrected chi connectivity index (χ1v) is 9.53. The van der Waals surface area contributed by atoms with Crippen LogP contribution in [0, 0.1) is 17.2 Å². The number of nitriles is 1. The summed E-state index contributed by atoms with van der Waals surface area (Å²) in [5.74, 6) is -0.773. The van der Waals surface area contributed by atoms with Crippen LogP contribution < -0.4 is 4.74 Å². The second kappa shape index (κ2) is 10.1. The predicted octanol–water partition coefficient (Wildman–Crippen LogP) is 3.43. The highest BCUT2D eigenvalue weighted by Gasteiger charge is 2.23. The van der Waals surface area contributed by atoms with Gasteiger partial charge in [0.2, 0.25) is 0 Å². The van der Waals surface area contributed by atoms with Crippen molar-refractivity contribution in [3.05, 3.63) is 29.8 Å². The average molecular weight is 378 g/mol. The van der Waals surface area contributed by atoms with Crippen LogP contribution in [0.15, 0.2) is 28.7 Å². The van der Waals surface area contributed by atoms with Crippen LogP contribution in [-0.4, -0.2) is 34.4 Å². The highest BCUT2D eigenvalue weighted by Crippen LogP contribution is 2.20. The molecule has 0 saturated heterocycles. The summed E-state index contributed by atoms with van der Waals surface area (Å²) in [6.07, 6.45) is 0.568. The summed E-state index contributed by atoms with van der Waals surface area (Å²) in [5.41, 5.74) is 1.32. The fraction of sp³-hybridized carbons (Fsp3) is 0.526. The van der Waals surface area contributed by atoms with E-state index in [4.69, 9.17) is 9.47 Å². The highest BCUT2D eigenvalue weighted by atomic mass is 32.2. The van der Waals surface area contributed by atoms with E-state index in [0.29, 0.717) is 17.9 Å². The van der Waals surface area contributed by atoms with Gasteiger partial charge in [0.25, 0.3) is 0 Å². The SMILES string of the molecule is CCOC(=O)C(C#N)CCC(=N[S@](=O)C(C)(C)C)c1cccc(OC)c1. The van der Waals surface area contributed by atoms with Gasteiger partial charge in [-0.15, -0.1) is 0 Å². The third-order valence-electron chi connectivity index (χ3n) is 3.52. The number of hydrogen-bond donors (Lipinski definition) is 0. The van der Waals surface area contributed by atoms with E-state index < -0.39 is 27.6 Å². The van der Waals surface area contributed by atoms with Crippen LogP contribution in [0.25, 0.3) is 0 Å². The fourth-order valence-electron chi connectivity index (χ4n) is 2.04. The molecular weight excluding hydrogens is 352 g/mol. The number of carbonyl (C=O) groups excluding carboxylic acids is 1. The van der Waals surface area contributed by atoms with Crippen molar-refractivity contribution >= 4 is 22.7 Å². The number of esters is 1. The van der Waals surface area contributed by atoms with Crippen molar-refractivity contribution in [2.75, 3.05) is 13.7 Å². The molecule has 1 aromatic carbocycles. The Bertz CT molecular complexity index is 717. The minimum absolute atomic E-state index is 0.224. The van der Waals surface area contributed by atoms with Crippen molar-refractivity contribution in [3.8, 4) is 11.8 Å². The van der Waals surface area contributed by atoms with Crippen LogP contribution >= 0.6 is 0 Å². The summed E-state index contributed by atoms with van der Waals surface area (Å²) in [6, 6.07) is 9.23. The molecule has 0 spiro atoms. The Balaban J connectivity index is 3.12. The third kappa shape index (κ3) is 6.60.